The van der Waals surface area contributed by atoms with E-state index in [1.807, 2.05) is 60.7 Å². The number of carbonyl (C=O) groups excluding carboxylic acids is 1. The number of nitrogens with zero attached hydrogens (tertiary/aromatic N) is 1. The normalized spacial score (nSPS) is 13.1. The van der Waals surface area contributed by atoms with Crippen LogP contribution in [0, 0.1) is 5.82 Å². The number of carbonyl (C=O) groups is 1. The molecule has 3 N–H and O–H groups in total. The average molecular weight is 572 g/mol. The van der Waals surface area contributed by atoms with Gasteiger partial charge in [0, 0.05) is 30.2 Å². The third-order valence-electron chi connectivity index (χ3n) is 6.92. The summed E-state index contributed by atoms with van der Waals surface area (Å²) >= 11 is 0. The van der Waals surface area contributed by atoms with Gasteiger partial charge in [-0.25, -0.2) is 16.8 Å². The molecule has 5 aromatic rings. The monoisotopic (exact) mass is 571 g/mol. The second kappa shape index (κ2) is 12.5. The van der Waals surface area contributed by atoms with Gasteiger partial charge in [-0.1, -0.05) is 66.7 Å². The number of benzene rings is 4. The SMILES string of the molecule is O=C(N[C@@H](Cc1ccccc1)[C@H](O)CNCc1ccccc1)c1cccc2c1ccn2S(=O)(=O)c1ccc(F)cc1. The first kappa shape index (κ1) is 28.2. The summed E-state index contributed by atoms with van der Waals surface area (Å²) in [4.78, 5) is 13.5. The summed E-state index contributed by atoms with van der Waals surface area (Å²) in [6.07, 6.45) is 0.881. The molecule has 9 heteroatoms. The zero-order valence-electron chi connectivity index (χ0n) is 22.2. The van der Waals surface area contributed by atoms with Crippen molar-refractivity contribution >= 4 is 26.8 Å². The van der Waals surface area contributed by atoms with E-state index in [4.69, 9.17) is 0 Å². The number of aliphatic hydroxyl groups is 1. The van der Waals surface area contributed by atoms with Gasteiger partial charge < -0.3 is 15.7 Å². The Morgan fingerprint density at radius 3 is 2.17 bits per heavy atom. The minimum atomic E-state index is -4.02. The van der Waals surface area contributed by atoms with Crippen molar-refractivity contribution in [1.82, 2.24) is 14.6 Å². The van der Waals surface area contributed by atoms with Crippen LogP contribution in [0.25, 0.3) is 10.9 Å². The summed E-state index contributed by atoms with van der Waals surface area (Å²) in [6.45, 7) is 0.822. The number of nitrogens with one attached hydrogen (secondary N) is 2. The smallest absolute Gasteiger partial charge is 0.268 e. The molecule has 0 aliphatic rings. The molecule has 0 aliphatic carbocycles. The molecule has 1 amide bonds. The number of amides is 1. The number of hydrogen-bond acceptors (Lipinski definition) is 5. The summed E-state index contributed by atoms with van der Waals surface area (Å²) in [7, 11) is -4.02. The summed E-state index contributed by atoms with van der Waals surface area (Å²) in [5.74, 6) is -0.974. The first-order valence-electron chi connectivity index (χ1n) is 13.2. The Balaban J connectivity index is 1.38. The fourth-order valence-electron chi connectivity index (χ4n) is 4.77. The molecular weight excluding hydrogens is 541 g/mol. The maximum atomic E-state index is 13.6. The Morgan fingerprint density at radius 2 is 1.49 bits per heavy atom. The Kier molecular flexibility index (Phi) is 8.58. The fourth-order valence-corrected chi connectivity index (χ4v) is 6.12. The van der Waals surface area contributed by atoms with E-state index in [2.05, 4.69) is 10.6 Å². The average Bonchev–Trinajstić information content (AvgIpc) is 3.43. The lowest BCUT2D eigenvalue weighted by atomic mass is 10.00. The molecule has 0 unspecified atom stereocenters. The van der Waals surface area contributed by atoms with Crippen molar-refractivity contribution in [2.45, 2.75) is 30.0 Å². The first-order valence-corrected chi connectivity index (χ1v) is 14.7. The minimum absolute atomic E-state index is 0.0692. The van der Waals surface area contributed by atoms with Crippen LogP contribution < -0.4 is 10.6 Å². The molecule has 0 radical (unpaired) electrons. The number of halogens is 1. The second-order valence-corrected chi connectivity index (χ2v) is 11.6. The van der Waals surface area contributed by atoms with Gasteiger partial charge in [-0.3, -0.25) is 4.79 Å². The van der Waals surface area contributed by atoms with Gasteiger partial charge in [-0.15, -0.1) is 0 Å². The summed E-state index contributed by atoms with van der Waals surface area (Å²) < 4.78 is 41.0. The molecule has 0 saturated heterocycles. The highest BCUT2D eigenvalue weighted by molar-refractivity contribution is 7.90. The van der Waals surface area contributed by atoms with Crippen LogP contribution in [0.1, 0.15) is 21.5 Å². The number of aromatic nitrogens is 1. The van der Waals surface area contributed by atoms with E-state index in [1.165, 1.54) is 18.3 Å². The lowest BCUT2D eigenvalue weighted by molar-refractivity contribution is 0.0831. The van der Waals surface area contributed by atoms with Crippen molar-refractivity contribution in [1.29, 1.82) is 0 Å². The van der Waals surface area contributed by atoms with Crippen LogP contribution in [0.2, 0.25) is 0 Å². The van der Waals surface area contributed by atoms with Crippen molar-refractivity contribution in [3.05, 3.63) is 138 Å². The third-order valence-corrected chi connectivity index (χ3v) is 8.62. The van der Waals surface area contributed by atoms with Crippen LogP contribution in [0.15, 0.2) is 120 Å². The molecule has 0 saturated carbocycles. The van der Waals surface area contributed by atoms with E-state index in [9.17, 15) is 22.7 Å². The van der Waals surface area contributed by atoms with Gasteiger partial charge >= 0.3 is 0 Å². The minimum Gasteiger partial charge on any atom is -0.390 e. The van der Waals surface area contributed by atoms with E-state index in [0.29, 0.717) is 23.9 Å². The van der Waals surface area contributed by atoms with Crippen LogP contribution in [0.3, 0.4) is 0 Å². The molecule has 41 heavy (non-hydrogen) atoms. The van der Waals surface area contributed by atoms with Gasteiger partial charge in [0.1, 0.15) is 5.82 Å². The molecule has 1 aromatic heterocycles. The zero-order chi connectivity index (χ0) is 28.8. The molecule has 5 rings (SSSR count). The Hall–Kier alpha value is -4.31. The second-order valence-electron chi connectivity index (χ2n) is 9.76. The van der Waals surface area contributed by atoms with E-state index < -0.39 is 33.9 Å². The number of fused-ring (bicyclic) bond motifs is 1. The standard InChI is InChI=1S/C32H30FN3O4S/c33-25-14-16-26(17-15-25)41(39,40)36-19-18-27-28(12-7-13-30(27)36)32(38)35-29(20-23-8-3-1-4-9-23)31(37)22-34-21-24-10-5-2-6-11-24/h1-19,29,31,34,37H,20-22H2,(H,35,38)/t29-,31+/m0/s1. The quantitative estimate of drug-likeness (QED) is 0.217. The summed E-state index contributed by atoms with van der Waals surface area (Å²) in [5, 5.41) is 17.8. The summed E-state index contributed by atoms with van der Waals surface area (Å²) in [5.41, 5.74) is 2.62. The molecule has 0 spiro atoms. The van der Waals surface area contributed by atoms with E-state index >= 15 is 0 Å². The van der Waals surface area contributed by atoms with Crippen LogP contribution >= 0.6 is 0 Å². The third kappa shape index (κ3) is 6.54. The molecule has 1 heterocycles. The highest BCUT2D eigenvalue weighted by Gasteiger charge is 2.25. The molecule has 7 nitrogen and oxygen atoms in total. The summed E-state index contributed by atoms with van der Waals surface area (Å²) in [6, 6.07) is 29.8. The maximum absolute atomic E-state index is 13.6. The molecule has 2 atom stereocenters. The Labute approximate surface area is 238 Å². The molecule has 0 bridgehead atoms. The van der Waals surface area contributed by atoms with E-state index in [0.717, 1.165) is 27.2 Å². The number of aliphatic hydroxyl groups excluding tert-OH is 1. The van der Waals surface area contributed by atoms with Crippen LogP contribution in [-0.4, -0.2) is 42.1 Å². The molecule has 210 valence electrons. The van der Waals surface area contributed by atoms with Gasteiger partial charge in [0.05, 0.1) is 22.6 Å². The zero-order valence-corrected chi connectivity index (χ0v) is 23.0. The Morgan fingerprint density at radius 1 is 0.829 bits per heavy atom. The van der Waals surface area contributed by atoms with Gasteiger partial charge in [-0.2, -0.15) is 0 Å². The van der Waals surface area contributed by atoms with Gasteiger partial charge in [0.25, 0.3) is 15.9 Å². The molecule has 4 aromatic carbocycles. The van der Waals surface area contributed by atoms with Crippen molar-refractivity contribution in [3.63, 3.8) is 0 Å². The highest BCUT2D eigenvalue weighted by atomic mass is 32.2. The van der Waals surface area contributed by atoms with Crippen molar-refractivity contribution in [3.8, 4) is 0 Å². The van der Waals surface area contributed by atoms with Crippen LogP contribution in [0.4, 0.5) is 4.39 Å². The van der Waals surface area contributed by atoms with Crippen molar-refractivity contribution in [2.24, 2.45) is 0 Å². The van der Waals surface area contributed by atoms with Crippen molar-refractivity contribution < 1.29 is 22.7 Å². The predicted octanol–water partition coefficient (Wildman–Crippen LogP) is 4.51. The van der Waals surface area contributed by atoms with Crippen LogP contribution in [0.5, 0.6) is 0 Å². The molecule has 0 aliphatic heterocycles. The van der Waals surface area contributed by atoms with E-state index in [1.54, 1.807) is 24.3 Å². The fraction of sp³-hybridized carbons (Fsp3) is 0.156. The van der Waals surface area contributed by atoms with Crippen LogP contribution in [-0.2, 0) is 23.0 Å². The Bertz CT molecular complexity index is 1720. The van der Waals surface area contributed by atoms with Gasteiger partial charge in [0.2, 0.25) is 0 Å². The largest absolute Gasteiger partial charge is 0.390 e. The lowest BCUT2D eigenvalue weighted by Crippen LogP contribution is -2.48. The topological polar surface area (TPSA) is 100 Å². The number of rotatable bonds is 11. The molecule has 0 fully saturated rings. The lowest BCUT2D eigenvalue weighted by Gasteiger charge is -2.25. The predicted molar refractivity (Wildman–Crippen MR) is 156 cm³/mol. The maximum Gasteiger partial charge on any atom is 0.268 e. The van der Waals surface area contributed by atoms with Crippen molar-refractivity contribution in [2.75, 3.05) is 6.54 Å². The van der Waals surface area contributed by atoms with Gasteiger partial charge in [0.15, 0.2) is 0 Å². The first-order chi connectivity index (χ1) is 19.8. The highest BCUT2D eigenvalue weighted by Crippen LogP contribution is 2.25. The number of hydrogen-bond donors (Lipinski definition) is 3. The van der Waals surface area contributed by atoms with Gasteiger partial charge in [-0.05, 0) is 60.0 Å². The molecular formula is C32H30FN3O4S. The van der Waals surface area contributed by atoms with E-state index in [-0.39, 0.29) is 17.0 Å².